The molecular formula is C23H26N2O5. The molecule has 0 atom stereocenters. The van der Waals surface area contributed by atoms with Gasteiger partial charge in [-0.2, -0.15) is 0 Å². The van der Waals surface area contributed by atoms with Gasteiger partial charge < -0.3 is 15.2 Å². The van der Waals surface area contributed by atoms with Crippen molar-refractivity contribution in [3.63, 3.8) is 0 Å². The minimum atomic E-state index is -1.17. The van der Waals surface area contributed by atoms with Crippen molar-refractivity contribution < 1.29 is 24.2 Å². The number of hydrogen-bond acceptors (Lipinski definition) is 4. The minimum Gasteiger partial charge on any atom is -0.478 e. The standard InChI is InChI=1S/C23H26N2O5/c1-5-14-8-7-9-15(6-2)20(14)24-19(26)13-25-17-12-16(21(27)28)10-11-18(17)30-23(3,4)22(25)29/h7-12H,5-6,13H2,1-4H3,(H,24,26)(H,27,28). The summed E-state index contributed by atoms with van der Waals surface area (Å²) in [5, 5.41) is 12.3. The SMILES string of the molecule is CCc1cccc(CC)c1NC(=O)CN1C(=O)C(C)(C)Oc2ccc(C(=O)O)cc21. The Morgan fingerprint density at radius 3 is 2.30 bits per heavy atom. The van der Waals surface area contributed by atoms with Crippen LogP contribution in [0, 0.1) is 0 Å². The molecule has 1 heterocycles. The molecule has 0 bridgehead atoms. The maximum absolute atomic E-state index is 13.0. The summed E-state index contributed by atoms with van der Waals surface area (Å²) in [7, 11) is 0. The number of amides is 2. The molecule has 0 radical (unpaired) electrons. The number of anilines is 2. The van der Waals surface area contributed by atoms with Crippen LogP contribution in [0.25, 0.3) is 0 Å². The van der Waals surface area contributed by atoms with E-state index in [9.17, 15) is 19.5 Å². The highest BCUT2D eigenvalue weighted by Gasteiger charge is 2.42. The molecular weight excluding hydrogens is 384 g/mol. The van der Waals surface area contributed by atoms with Crippen LogP contribution >= 0.6 is 0 Å². The largest absolute Gasteiger partial charge is 0.478 e. The van der Waals surface area contributed by atoms with Crippen LogP contribution in [0.1, 0.15) is 49.2 Å². The van der Waals surface area contributed by atoms with Gasteiger partial charge in [-0.05, 0) is 56.0 Å². The number of carboxylic acid groups (broad SMARTS) is 1. The van der Waals surface area contributed by atoms with Crippen LogP contribution in [0.3, 0.4) is 0 Å². The number of para-hydroxylation sites is 1. The second-order valence-corrected chi connectivity index (χ2v) is 7.70. The molecule has 1 aliphatic rings. The maximum atomic E-state index is 13.0. The number of rotatable bonds is 6. The third kappa shape index (κ3) is 4.01. The average molecular weight is 410 g/mol. The number of carboxylic acids is 1. The molecule has 7 heteroatoms. The van der Waals surface area contributed by atoms with Crippen molar-refractivity contribution in [3.8, 4) is 5.75 Å². The number of fused-ring (bicyclic) bond motifs is 1. The molecule has 7 nitrogen and oxygen atoms in total. The maximum Gasteiger partial charge on any atom is 0.335 e. The van der Waals surface area contributed by atoms with E-state index >= 15 is 0 Å². The molecule has 0 spiro atoms. The van der Waals surface area contributed by atoms with E-state index in [-0.39, 0.29) is 23.7 Å². The van der Waals surface area contributed by atoms with Crippen molar-refractivity contribution in [1.29, 1.82) is 0 Å². The highest BCUT2D eigenvalue weighted by atomic mass is 16.5. The summed E-state index contributed by atoms with van der Waals surface area (Å²) in [6, 6.07) is 10.2. The molecule has 1 aliphatic heterocycles. The van der Waals surface area contributed by atoms with E-state index in [0.717, 1.165) is 29.7 Å². The Balaban J connectivity index is 1.94. The van der Waals surface area contributed by atoms with E-state index < -0.39 is 17.5 Å². The van der Waals surface area contributed by atoms with E-state index in [0.29, 0.717) is 5.75 Å². The summed E-state index contributed by atoms with van der Waals surface area (Å²) in [5.41, 5.74) is 1.92. The monoisotopic (exact) mass is 410 g/mol. The molecule has 2 N–H and O–H groups in total. The Kier molecular flexibility index (Phi) is 5.82. The first-order valence-electron chi connectivity index (χ1n) is 9.96. The summed E-state index contributed by atoms with van der Waals surface area (Å²) in [5.74, 6) is -1.53. The first-order chi connectivity index (χ1) is 14.2. The van der Waals surface area contributed by atoms with Crippen molar-refractivity contribution in [3.05, 3.63) is 53.1 Å². The zero-order valence-corrected chi connectivity index (χ0v) is 17.6. The molecule has 0 saturated heterocycles. The number of nitrogens with one attached hydrogen (secondary N) is 1. The van der Waals surface area contributed by atoms with Crippen molar-refractivity contribution in [2.75, 3.05) is 16.8 Å². The Hall–Kier alpha value is -3.35. The van der Waals surface area contributed by atoms with Crippen molar-refractivity contribution in [1.82, 2.24) is 0 Å². The summed E-state index contributed by atoms with van der Waals surface area (Å²) < 4.78 is 5.75. The van der Waals surface area contributed by atoms with Crippen molar-refractivity contribution in [2.24, 2.45) is 0 Å². The van der Waals surface area contributed by atoms with E-state index in [1.54, 1.807) is 13.8 Å². The molecule has 3 rings (SSSR count). The zero-order chi connectivity index (χ0) is 22.1. The summed E-state index contributed by atoms with van der Waals surface area (Å²) in [6.45, 7) is 7.03. The molecule has 0 aromatic heterocycles. The fourth-order valence-electron chi connectivity index (χ4n) is 3.58. The van der Waals surface area contributed by atoms with Crippen LogP contribution < -0.4 is 15.0 Å². The van der Waals surface area contributed by atoms with E-state index in [2.05, 4.69) is 5.32 Å². The second-order valence-electron chi connectivity index (χ2n) is 7.70. The topological polar surface area (TPSA) is 95.9 Å². The lowest BCUT2D eigenvalue weighted by Crippen LogP contribution is -2.54. The van der Waals surface area contributed by atoms with E-state index in [1.165, 1.54) is 23.1 Å². The third-order valence-electron chi connectivity index (χ3n) is 5.19. The van der Waals surface area contributed by atoms with Gasteiger partial charge in [-0.1, -0.05) is 32.0 Å². The Labute approximate surface area is 175 Å². The molecule has 0 saturated carbocycles. The Morgan fingerprint density at radius 1 is 1.10 bits per heavy atom. The molecule has 158 valence electrons. The van der Waals surface area contributed by atoms with Crippen LogP contribution in [0.15, 0.2) is 36.4 Å². The van der Waals surface area contributed by atoms with Gasteiger partial charge in [0, 0.05) is 5.69 Å². The number of aromatic carboxylic acids is 1. The number of nitrogens with zero attached hydrogens (tertiary/aromatic N) is 1. The van der Waals surface area contributed by atoms with Gasteiger partial charge in [-0.15, -0.1) is 0 Å². The first kappa shape index (κ1) is 21.4. The molecule has 0 unspecified atom stereocenters. The van der Waals surface area contributed by atoms with Gasteiger partial charge in [0.15, 0.2) is 5.60 Å². The van der Waals surface area contributed by atoms with Crippen molar-refractivity contribution >= 4 is 29.2 Å². The van der Waals surface area contributed by atoms with Crippen LogP contribution in [0.4, 0.5) is 11.4 Å². The first-order valence-corrected chi connectivity index (χ1v) is 9.96. The van der Waals surface area contributed by atoms with E-state index in [4.69, 9.17) is 4.74 Å². The summed E-state index contributed by atoms with van der Waals surface area (Å²) >= 11 is 0. The quantitative estimate of drug-likeness (QED) is 0.758. The lowest BCUT2D eigenvalue weighted by atomic mass is 10.0. The van der Waals surface area contributed by atoms with Gasteiger partial charge in [-0.25, -0.2) is 4.79 Å². The molecule has 2 aromatic carbocycles. The fraction of sp³-hybridized carbons (Fsp3) is 0.348. The number of aryl methyl sites for hydroxylation is 2. The van der Waals surface area contributed by atoms with Crippen LogP contribution in [0.2, 0.25) is 0 Å². The minimum absolute atomic E-state index is 0.0138. The number of benzene rings is 2. The number of hydrogen-bond donors (Lipinski definition) is 2. The summed E-state index contributed by atoms with van der Waals surface area (Å²) in [6.07, 6.45) is 1.52. The Morgan fingerprint density at radius 2 is 1.73 bits per heavy atom. The summed E-state index contributed by atoms with van der Waals surface area (Å²) in [4.78, 5) is 38.6. The van der Waals surface area contributed by atoms with Gasteiger partial charge in [0.05, 0.1) is 11.3 Å². The average Bonchev–Trinajstić information content (AvgIpc) is 2.70. The normalized spacial score (nSPS) is 14.7. The fourth-order valence-corrected chi connectivity index (χ4v) is 3.58. The number of carbonyl (C=O) groups is 3. The van der Waals surface area contributed by atoms with Crippen LogP contribution in [-0.4, -0.2) is 35.0 Å². The number of carbonyl (C=O) groups excluding carboxylic acids is 2. The second kappa shape index (κ2) is 8.18. The van der Waals surface area contributed by atoms with Crippen LogP contribution in [0.5, 0.6) is 5.75 Å². The van der Waals surface area contributed by atoms with Gasteiger partial charge in [0.1, 0.15) is 12.3 Å². The predicted molar refractivity (Wildman–Crippen MR) is 114 cm³/mol. The lowest BCUT2D eigenvalue weighted by molar-refractivity contribution is -0.133. The number of ether oxygens (including phenoxy) is 1. The molecule has 2 aromatic rings. The van der Waals surface area contributed by atoms with Gasteiger partial charge in [-0.3, -0.25) is 14.5 Å². The molecule has 2 amide bonds. The van der Waals surface area contributed by atoms with Gasteiger partial charge >= 0.3 is 5.97 Å². The molecule has 0 aliphatic carbocycles. The van der Waals surface area contributed by atoms with Crippen molar-refractivity contribution in [2.45, 2.75) is 46.1 Å². The highest BCUT2D eigenvalue weighted by Crippen LogP contribution is 2.38. The lowest BCUT2D eigenvalue weighted by Gasteiger charge is -2.38. The van der Waals surface area contributed by atoms with Gasteiger partial charge in [0.25, 0.3) is 5.91 Å². The zero-order valence-electron chi connectivity index (χ0n) is 17.6. The highest BCUT2D eigenvalue weighted by molar-refractivity contribution is 6.08. The van der Waals surface area contributed by atoms with Crippen LogP contribution in [-0.2, 0) is 22.4 Å². The van der Waals surface area contributed by atoms with Gasteiger partial charge in [0.2, 0.25) is 5.91 Å². The molecule has 30 heavy (non-hydrogen) atoms. The third-order valence-corrected chi connectivity index (χ3v) is 5.19. The molecule has 0 fully saturated rings. The Bertz CT molecular complexity index is 990. The van der Waals surface area contributed by atoms with E-state index in [1.807, 2.05) is 32.0 Å². The smallest absolute Gasteiger partial charge is 0.335 e. The predicted octanol–water partition coefficient (Wildman–Crippen LogP) is 3.65.